The van der Waals surface area contributed by atoms with Gasteiger partial charge in [0.15, 0.2) is 23.1 Å². The number of ether oxygens (including phenoxy) is 2. The molecule has 0 atom stereocenters. The third kappa shape index (κ3) is 6.20. The van der Waals surface area contributed by atoms with Gasteiger partial charge in [-0.1, -0.05) is 63.6 Å². The number of allylic oxidation sites excluding steroid dienone is 5. The van der Waals surface area contributed by atoms with Gasteiger partial charge in [0.2, 0.25) is 0 Å². The van der Waals surface area contributed by atoms with E-state index in [0.717, 1.165) is 58.6 Å². The maximum atomic E-state index is 14.1. The summed E-state index contributed by atoms with van der Waals surface area (Å²) < 4.78 is 12.6. The lowest BCUT2D eigenvalue weighted by Gasteiger charge is -2.49. The van der Waals surface area contributed by atoms with Crippen LogP contribution in [0, 0.1) is 10.8 Å². The number of Topliss-reactive ketones (excluding diaryl/α,β-unsaturated/α-hetero) is 2. The van der Waals surface area contributed by atoms with Crippen LogP contribution in [0.2, 0.25) is 5.02 Å². The molecule has 0 radical (unpaired) electrons. The number of benzene rings is 2. The van der Waals surface area contributed by atoms with Gasteiger partial charge in [-0.25, -0.2) is 0 Å². The van der Waals surface area contributed by atoms with Gasteiger partial charge in [-0.3, -0.25) is 9.59 Å². The summed E-state index contributed by atoms with van der Waals surface area (Å²) in [5.74, 6) is 1.09. The Labute approximate surface area is 261 Å². The standard InChI is InChI=1S/C37H44ClNO4/c1-8-11-24-16-25(17-31(42-10-3)35(24)43-22-23-12-14-26(38)15-13-23)32-33-27(18-36(4,5)20-29(33)40)39(9-2)28-19-37(6,7)21-30(41)34(28)32/h8,12-17,32H,1,9-11,18-22H2,2-7H3. The van der Waals surface area contributed by atoms with Crippen molar-refractivity contribution in [2.75, 3.05) is 13.2 Å². The molecule has 1 aliphatic heterocycles. The lowest BCUT2D eigenvalue weighted by atomic mass is 9.63. The molecule has 6 heteroatoms. The quantitative estimate of drug-likeness (QED) is 0.269. The topological polar surface area (TPSA) is 55.8 Å². The maximum absolute atomic E-state index is 14.1. The van der Waals surface area contributed by atoms with E-state index in [2.05, 4.69) is 52.2 Å². The highest BCUT2D eigenvalue weighted by atomic mass is 35.5. The van der Waals surface area contributed by atoms with Crippen LogP contribution in [0.5, 0.6) is 11.5 Å². The van der Waals surface area contributed by atoms with Crippen LogP contribution in [0.4, 0.5) is 0 Å². The first-order chi connectivity index (χ1) is 20.4. The van der Waals surface area contributed by atoms with Crippen LogP contribution >= 0.6 is 11.6 Å². The molecule has 0 spiro atoms. The second-order valence-corrected chi connectivity index (χ2v) is 14.1. The number of ketones is 2. The third-order valence-electron chi connectivity index (χ3n) is 8.79. The van der Waals surface area contributed by atoms with Gasteiger partial charge < -0.3 is 14.4 Å². The van der Waals surface area contributed by atoms with Crippen molar-refractivity contribution in [2.45, 2.75) is 86.2 Å². The van der Waals surface area contributed by atoms with E-state index in [-0.39, 0.29) is 22.4 Å². The molecule has 0 unspecified atom stereocenters. The predicted octanol–water partition coefficient (Wildman–Crippen LogP) is 8.75. The van der Waals surface area contributed by atoms with Crippen LogP contribution in [0.3, 0.4) is 0 Å². The zero-order chi connectivity index (χ0) is 31.1. The molecule has 2 aliphatic carbocycles. The second-order valence-electron chi connectivity index (χ2n) is 13.6. The van der Waals surface area contributed by atoms with E-state index < -0.39 is 5.92 Å². The van der Waals surface area contributed by atoms with Crippen molar-refractivity contribution in [2.24, 2.45) is 10.8 Å². The number of hydrogen-bond donors (Lipinski definition) is 0. The summed E-state index contributed by atoms with van der Waals surface area (Å²) in [5.41, 5.74) is 6.20. The van der Waals surface area contributed by atoms with Crippen LogP contribution < -0.4 is 9.47 Å². The summed E-state index contributed by atoms with van der Waals surface area (Å²) in [5, 5.41) is 0.674. The largest absolute Gasteiger partial charge is 0.490 e. The molecule has 0 aromatic heterocycles. The van der Waals surface area contributed by atoms with Crippen molar-refractivity contribution in [3.63, 3.8) is 0 Å². The highest BCUT2D eigenvalue weighted by molar-refractivity contribution is 6.30. The summed E-state index contributed by atoms with van der Waals surface area (Å²) >= 11 is 6.09. The molecule has 1 heterocycles. The molecule has 2 aromatic rings. The van der Waals surface area contributed by atoms with Crippen LogP contribution in [0.25, 0.3) is 0 Å². The Hall–Kier alpha value is -3.31. The average molecular weight is 602 g/mol. The zero-order valence-corrected chi connectivity index (χ0v) is 27.2. The molecule has 0 saturated heterocycles. The first kappa shape index (κ1) is 31.1. The van der Waals surface area contributed by atoms with Gasteiger partial charge in [0, 0.05) is 58.4 Å². The first-order valence-corrected chi connectivity index (χ1v) is 15.8. The van der Waals surface area contributed by atoms with Crippen LogP contribution in [0.15, 0.2) is 71.6 Å². The SMILES string of the molecule is C=CCc1cc(C2C3=C(CC(C)(C)CC3=O)N(CC)C3=C2C(=O)CC(C)(C)C3)cc(OCC)c1OCc1ccc(Cl)cc1. The lowest BCUT2D eigenvalue weighted by Crippen LogP contribution is -2.44. The lowest BCUT2D eigenvalue weighted by molar-refractivity contribution is -0.119. The molecular weight excluding hydrogens is 558 g/mol. The van der Waals surface area contributed by atoms with Crippen LogP contribution in [0.1, 0.15) is 89.8 Å². The van der Waals surface area contributed by atoms with Crippen LogP contribution in [-0.4, -0.2) is 29.6 Å². The van der Waals surface area contributed by atoms with E-state index in [1.165, 1.54) is 0 Å². The van der Waals surface area contributed by atoms with E-state index >= 15 is 0 Å². The van der Waals surface area contributed by atoms with E-state index in [0.29, 0.717) is 49.0 Å². The Kier molecular flexibility index (Phi) is 8.68. The smallest absolute Gasteiger partial charge is 0.165 e. The summed E-state index contributed by atoms with van der Waals surface area (Å²) in [6.45, 7) is 18.3. The van der Waals surface area contributed by atoms with E-state index in [1.54, 1.807) is 0 Å². The number of hydrogen-bond acceptors (Lipinski definition) is 5. The van der Waals surface area contributed by atoms with Gasteiger partial charge in [-0.15, -0.1) is 6.58 Å². The van der Waals surface area contributed by atoms with Crippen LogP contribution in [-0.2, 0) is 22.6 Å². The molecule has 0 fully saturated rings. The van der Waals surface area contributed by atoms with Gasteiger partial charge in [-0.05, 0) is 73.3 Å². The number of halogens is 1. The Morgan fingerprint density at radius 2 is 1.49 bits per heavy atom. The average Bonchev–Trinajstić information content (AvgIpc) is 2.91. The molecule has 0 amide bonds. The predicted molar refractivity (Wildman–Crippen MR) is 173 cm³/mol. The van der Waals surface area contributed by atoms with Crippen molar-refractivity contribution in [1.82, 2.24) is 4.90 Å². The van der Waals surface area contributed by atoms with E-state index in [1.807, 2.05) is 43.3 Å². The Morgan fingerprint density at radius 1 is 0.907 bits per heavy atom. The fourth-order valence-corrected chi connectivity index (χ4v) is 7.21. The summed E-state index contributed by atoms with van der Waals surface area (Å²) in [7, 11) is 0. The second kappa shape index (κ2) is 12.0. The molecule has 2 aromatic carbocycles. The molecule has 3 aliphatic rings. The van der Waals surface area contributed by atoms with Crippen molar-refractivity contribution in [3.8, 4) is 11.5 Å². The highest BCUT2D eigenvalue weighted by Gasteiger charge is 2.48. The molecule has 0 bridgehead atoms. The van der Waals surface area contributed by atoms with E-state index in [9.17, 15) is 9.59 Å². The molecule has 0 saturated carbocycles. The Bertz CT molecular complexity index is 1460. The Balaban J connectivity index is 1.70. The first-order valence-electron chi connectivity index (χ1n) is 15.5. The number of rotatable bonds is 9. The fourth-order valence-electron chi connectivity index (χ4n) is 7.08. The minimum absolute atomic E-state index is 0.130. The summed E-state index contributed by atoms with van der Waals surface area (Å²) in [6.07, 6.45) is 4.91. The van der Waals surface area contributed by atoms with Gasteiger partial charge >= 0.3 is 0 Å². The minimum Gasteiger partial charge on any atom is -0.490 e. The molecular formula is C37H44ClNO4. The Morgan fingerprint density at radius 3 is 2.00 bits per heavy atom. The fraction of sp³-hybridized carbons (Fsp3) is 0.459. The maximum Gasteiger partial charge on any atom is 0.165 e. The van der Waals surface area contributed by atoms with Gasteiger partial charge in [0.1, 0.15) is 6.61 Å². The monoisotopic (exact) mass is 601 g/mol. The van der Waals surface area contributed by atoms with Crippen molar-refractivity contribution in [3.05, 3.63) is 93.3 Å². The molecule has 228 valence electrons. The molecule has 0 N–H and O–H groups in total. The summed E-state index contributed by atoms with van der Waals surface area (Å²) in [6, 6.07) is 11.7. The third-order valence-corrected chi connectivity index (χ3v) is 9.04. The number of carbonyl (C=O) groups is 2. The molecule has 43 heavy (non-hydrogen) atoms. The van der Waals surface area contributed by atoms with Gasteiger partial charge in [0.25, 0.3) is 0 Å². The summed E-state index contributed by atoms with van der Waals surface area (Å²) in [4.78, 5) is 30.4. The van der Waals surface area contributed by atoms with Gasteiger partial charge in [-0.2, -0.15) is 0 Å². The van der Waals surface area contributed by atoms with Crippen molar-refractivity contribution >= 4 is 23.2 Å². The van der Waals surface area contributed by atoms with E-state index in [4.69, 9.17) is 21.1 Å². The van der Waals surface area contributed by atoms with Crippen molar-refractivity contribution in [1.29, 1.82) is 0 Å². The number of carbonyl (C=O) groups excluding carboxylic acids is 2. The molecule has 5 nitrogen and oxygen atoms in total. The van der Waals surface area contributed by atoms with Crippen molar-refractivity contribution < 1.29 is 19.1 Å². The zero-order valence-electron chi connectivity index (χ0n) is 26.4. The van der Waals surface area contributed by atoms with Gasteiger partial charge in [0.05, 0.1) is 6.61 Å². The minimum atomic E-state index is -0.437. The number of nitrogens with zero attached hydrogens (tertiary/aromatic N) is 1. The highest BCUT2D eigenvalue weighted by Crippen LogP contribution is 2.55. The normalized spacial score (nSPS) is 19.7. The molecule has 5 rings (SSSR count).